The summed E-state index contributed by atoms with van der Waals surface area (Å²) in [5.41, 5.74) is 9.08. The summed E-state index contributed by atoms with van der Waals surface area (Å²) in [4.78, 5) is 9.61. The molecule has 2 rings (SSSR count). The monoisotopic (exact) mass is 277 g/mol. The Bertz CT molecular complexity index is 591. The summed E-state index contributed by atoms with van der Waals surface area (Å²) in [6.07, 6.45) is 0. The van der Waals surface area contributed by atoms with Gasteiger partial charge in [0, 0.05) is 28.4 Å². The number of hydrogen-bond acceptors (Lipinski definition) is 4. The summed E-state index contributed by atoms with van der Waals surface area (Å²) in [6, 6.07) is 4.92. The Morgan fingerprint density at radius 1 is 1.16 bits per heavy atom. The second-order valence-corrected chi connectivity index (χ2v) is 5.33. The third-order valence-electron chi connectivity index (χ3n) is 3.09. The molecule has 0 atom stereocenters. The molecule has 0 aliphatic carbocycles. The van der Waals surface area contributed by atoms with E-state index in [-0.39, 0.29) is 12.4 Å². The Labute approximate surface area is 116 Å². The fourth-order valence-electron chi connectivity index (χ4n) is 1.72. The summed E-state index contributed by atoms with van der Waals surface area (Å²) in [5.74, 6) is -0.284. The lowest BCUT2D eigenvalue weighted by atomic mass is 10.2. The van der Waals surface area contributed by atoms with Crippen LogP contribution >= 0.6 is 11.8 Å². The highest BCUT2D eigenvalue weighted by molar-refractivity contribution is 7.99. The molecule has 2 N–H and O–H groups in total. The summed E-state index contributed by atoms with van der Waals surface area (Å²) < 4.78 is 13.6. The maximum Gasteiger partial charge on any atom is 0.192 e. The third-order valence-corrected chi connectivity index (χ3v) is 4.06. The highest BCUT2D eigenvalue weighted by Crippen LogP contribution is 2.30. The molecule has 1 aromatic heterocycles. The van der Waals surface area contributed by atoms with E-state index in [1.165, 1.54) is 17.8 Å². The molecule has 0 saturated carbocycles. The highest BCUT2D eigenvalue weighted by Gasteiger charge is 2.11. The average Bonchev–Trinajstić information content (AvgIpc) is 2.36. The lowest BCUT2D eigenvalue weighted by Crippen LogP contribution is -2.03. The van der Waals surface area contributed by atoms with E-state index in [1.807, 2.05) is 26.8 Å². The third kappa shape index (κ3) is 2.93. The summed E-state index contributed by atoms with van der Waals surface area (Å²) in [5, 5.41) is 0.626. The molecule has 100 valence electrons. The van der Waals surface area contributed by atoms with Gasteiger partial charge in [-0.3, -0.25) is 0 Å². The molecule has 0 unspecified atom stereocenters. The Hall–Kier alpha value is -1.46. The molecule has 3 nitrogen and oxygen atoms in total. The zero-order valence-electron chi connectivity index (χ0n) is 11.2. The van der Waals surface area contributed by atoms with Gasteiger partial charge in [0.05, 0.1) is 0 Å². The number of hydrogen-bond donors (Lipinski definition) is 1. The number of aryl methyl sites for hydroxylation is 2. The van der Waals surface area contributed by atoms with Crippen molar-refractivity contribution in [3.05, 3.63) is 46.5 Å². The summed E-state index contributed by atoms with van der Waals surface area (Å²) in [7, 11) is 0. The maximum atomic E-state index is 13.6. The van der Waals surface area contributed by atoms with Crippen molar-refractivity contribution in [3.63, 3.8) is 0 Å². The van der Waals surface area contributed by atoms with Gasteiger partial charge in [0.15, 0.2) is 5.16 Å². The van der Waals surface area contributed by atoms with Crippen LogP contribution in [0.4, 0.5) is 4.39 Å². The molecule has 0 bridgehead atoms. The van der Waals surface area contributed by atoms with E-state index in [4.69, 9.17) is 5.73 Å². The van der Waals surface area contributed by atoms with Gasteiger partial charge in [-0.2, -0.15) is 0 Å². The van der Waals surface area contributed by atoms with Crippen LogP contribution in [0, 0.1) is 26.6 Å². The van der Waals surface area contributed by atoms with Crippen LogP contribution in [0.15, 0.2) is 28.3 Å². The van der Waals surface area contributed by atoms with Gasteiger partial charge in [-0.1, -0.05) is 6.07 Å². The van der Waals surface area contributed by atoms with Crippen LogP contribution in [-0.4, -0.2) is 9.97 Å². The smallest absolute Gasteiger partial charge is 0.192 e. The van der Waals surface area contributed by atoms with Crippen LogP contribution in [0.3, 0.4) is 0 Å². The van der Waals surface area contributed by atoms with Crippen LogP contribution in [0.5, 0.6) is 0 Å². The number of aromatic nitrogens is 2. The Morgan fingerprint density at radius 3 is 2.37 bits per heavy atom. The highest BCUT2D eigenvalue weighted by atomic mass is 32.2. The SMILES string of the molecule is Cc1nc(Sc2cccc(F)c2CN)nc(C)c1C. The summed E-state index contributed by atoms with van der Waals surface area (Å²) in [6.45, 7) is 6.05. The maximum absolute atomic E-state index is 13.6. The average molecular weight is 277 g/mol. The van der Waals surface area contributed by atoms with Crippen molar-refractivity contribution >= 4 is 11.8 Å². The second kappa shape index (κ2) is 5.67. The molecule has 0 amide bonds. The van der Waals surface area contributed by atoms with Gasteiger partial charge in [-0.25, -0.2) is 14.4 Å². The molecule has 0 aliphatic rings. The van der Waals surface area contributed by atoms with E-state index in [1.54, 1.807) is 6.07 Å². The zero-order valence-corrected chi connectivity index (χ0v) is 12.0. The molecule has 0 aliphatic heterocycles. The Morgan fingerprint density at radius 2 is 1.79 bits per heavy atom. The molecule has 1 heterocycles. The molecular weight excluding hydrogens is 261 g/mol. The largest absolute Gasteiger partial charge is 0.326 e. The van der Waals surface area contributed by atoms with Gasteiger partial charge in [0.1, 0.15) is 5.82 Å². The first-order chi connectivity index (χ1) is 9.02. The molecule has 2 aromatic rings. The van der Waals surface area contributed by atoms with Crippen molar-refractivity contribution < 1.29 is 4.39 Å². The van der Waals surface area contributed by atoms with Crippen LogP contribution in [0.1, 0.15) is 22.5 Å². The van der Waals surface area contributed by atoms with Gasteiger partial charge < -0.3 is 5.73 Å². The molecular formula is C14H16FN3S. The Kier molecular flexibility index (Phi) is 4.17. The first kappa shape index (κ1) is 14.0. The van der Waals surface area contributed by atoms with E-state index >= 15 is 0 Å². The summed E-state index contributed by atoms with van der Waals surface area (Å²) >= 11 is 1.35. The predicted molar refractivity (Wildman–Crippen MR) is 74.7 cm³/mol. The number of rotatable bonds is 3. The predicted octanol–water partition coefficient (Wildman–Crippen LogP) is 3.15. The quantitative estimate of drug-likeness (QED) is 0.876. The van der Waals surface area contributed by atoms with E-state index in [0.717, 1.165) is 21.8 Å². The van der Waals surface area contributed by atoms with Crippen LogP contribution < -0.4 is 5.73 Å². The van der Waals surface area contributed by atoms with Gasteiger partial charge in [-0.15, -0.1) is 0 Å². The van der Waals surface area contributed by atoms with Crippen molar-refractivity contribution in [2.75, 3.05) is 0 Å². The lowest BCUT2D eigenvalue weighted by Gasteiger charge is -2.09. The van der Waals surface area contributed by atoms with Gasteiger partial charge in [0.2, 0.25) is 0 Å². The molecule has 0 fully saturated rings. The molecule has 19 heavy (non-hydrogen) atoms. The van der Waals surface area contributed by atoms with E-state index in [0.29, 0.717) is 10.7 Å². The normalized spacial score (nSPS) is 10.8. The van der Waals surface area contributed by atoms with Crippen LogP contribution in [0.25, 0.3) is 0 Å². The van der Waals surface area contributed by atoms with Crippen molar-refractivity contribution in [2.45, 2.75) is 37.4 Å². The molecule has 1 aromatic carbocycles. The van der Waals surface area contributed by atoms with Crippen molar-refractivity contribution in [1.82, 2.24) is 9.97 Å². The minimum Gasteiger partial charge on any atom is -0.326 e. The van der Waals surface area contributed by atoms with Crippen molar-refractivity contribution in [1.29, 1.82) is 0 Å². The number of nitrogens with zero attached hydrogens (tertiary/aromatic N) is 2. The minimum absolute atomic E-state index is 0.166. The topological polar surface area (TPSA) is 51.8 Å². The lowest BCUT2D eigenvalue weighted by molar-refractivity contribution is 0.604. The van der Waals surface area contributed by atoms with Gasteiger partial charge >= 0.3 is 0 Å². The number of halogens is 1. The first-order valence-electron chi connectivity index (χ1n) is 6.00. The molecule has 0 spiro atoms. The standard InChI is InChI=1S/C14H16FN3S/c1-8-9(2)17-14(18-10(8)3)19-13-6-4-5-12(15)11(13)7-16/h4-6H,7,16H2,1-3H3. The first-order valence-corrected chi connectivity index (χ1v) is 6.81. The second-order valence-electron chi connectivity index (χ2n) is 4.32. The molecule has 0 radical (unpaired) electrons. The van der Waals surface area contributed by atoms with Crippen molar-refractivity contribution in [3.8, 4) is 0 Å². The fourth-order valence-corrected chi connectivity index (χ4v) is 2.73. The minimum atomic E-state index is -0.284. The van der Waals surface area contributed by atoms with Crippen LogP contribution in [-0.2, 0) is 6.54 Å². The molecule has 5 heteroatoms. The Balaban J connectivity index is 2.39. The fraction of sp³-hybridized carbons (Fsp3) is 0.286. The van der Waals surface area contributed by atoms with E-state index in [9.17, 15) is 4.39 Å². The number of nitrogens with two attached hydrogens (primary N) is 1. The van der Waals surface area contributed by atoms with Crippen LogP contribution in [0.2, 0.25) is 0 Å². The van der Waals surface area contributed by atoms with E-state index < -0.39 is 0 Å². The van der Waals surface area contributed by atoms with Gasteiger partial charge in [-0.05, 0) is 50.2 Å². The number of benzene rings is 1. The molecule has 0 saturated heterocycles. The zero-order chi connectivity index (χ0) is 14.0. The van der Waals surface area contributed by atoms with Crippen molar-refractivity contribution in [2.24, 2.45) is 5.73 Å². The van der Waals surface area contributed by atoms with Gasteiger partial charge in [0.25, 0.3) is 0 Å². The van der Waals surface area contributed by atoms with E-state index in [2.05, 4.69) is 9.97 Å².